The molecule has 0 aliphatic carbocycles. The molecule has 1 aromatic heterocycles. The van der Waals surface area contributed by atoms with Gasteiger partial charge in [-0.1, -0.05) is 20.3 Å². The van der Waals surface area contributed by atoms with Crippen LogP contribution in [0.3, 0.4) is 0 Å². The maximum absolute atomic E-state index is 10.8. The van der Waals surface area contributed by atoms with Crippen LogP contribution >= 0.6 is 11.3 Å². The fraction of sp³-hybridized carbons (Fsp3) is 0.750. The van der Waals surface area contributed by atoms with Gasteiger partial charge in [-0.2, -0.15) is 0 Å². The number of likely N-dealkylation sites (tertiary alicyclic amines) is 1. The second-order valence-corrected chi connectivity index (χ2v) is 7.27. The summed E-state index contributed by atoms with van der Waals surface area (Å²) in [5, 5.41) is 10.0. The molecule has 0 aromatic carbocycles. The Kier molecular flexibility index (Phi) is 6.18. The molecule has 4 nitrogen and oxygen atoms in total. The average Bonchev–Trinajstić information content (AvgIpc) is 2.79. The van der Waals surface area contributed by atoms with Gasteiger partial charge in [0.1, 0.15) is 5.01 Å². The third kappa shape index (κ3) is 5.08. The number of aliphatic carboxylic acids is 1. The maximum atomic E-state index is 10.8. The van der Waals surface area contributed by atoms with Crippen molar-refractivity contribution in [2.75, 3.05) is 13.1 Å². The third-order valence-corrected chi connectivity index (χ3v) is 5.12. The molecule has 21 heavy (non-hydrogen) atoms. The van der Waals surface area contributed by atoms with E-state index < -0.39 is 5.97 Å². The van der Waals surface area contributed by atoms with E-state index in [9.17, 15) is 4.79 Å². The minimum Gasteiger partial charge on any atom is -0.481 e. The Morgan fingerprint density at radius 3 is 2.95 bits per heavy atom. The van der Waals surface area contributed by atoms with E-state index >= 15 is 0 Å². The number of hydrogen-bond donors (Lipinski definition) is 1. The lowest BCUT2D eigenvalue weighted by Crippen LogP contribution is -2.33. The Morgan fingerprint density at radius 1 is 1.48 bits per heavy atom. The number of aryl methyl sites for hydroxylation is 2. The summed E-state index contributed by atoms with van der Waals surface area (Å²) < 4.78 is 0. The lowest BCUT2D eigenvalue weighted by Gasteiger charge is -2.29. The molecule has 0 saturated carbocycles. The van der Waals surface area contributed by atoms with Gasteiger partial charge in [0, 0.05) is 11.4 Å². The zero-order valence-electron chi connectivity index (χ0n) is 13.1. The molecule has 0 amide bonds. The monoisotopic (exact) mass is 310 g/mol. The molecule has 1 aliphatic heterocycles. The van der Waals surface area contributed by atoms with Gasteiger partial charge in [-0.05, 0) is 38.1 Å². The molecular formula is C16H26N2O2S. The van der Waals surface area contributed by atoms with Crippen molar-refractivity contribution >= 4 is 17.3 Å². The Labute approximate surface area is 131 Å². The van der Waals surface area contributed by atoms with Crippen LogP contribution < -0.4 is 0 Å². The van der Waals surface area contributed by atoms with Crippen molar-refractivity contribution in [2.24, 2.45) is 5.92 Å². The molecule has 1 fully saturated rings. The van der Waals surface area contributed by atoms with E-state index in [0.717, 1.165) is 49.1 Å². The van der Waals surface area contributed by atoms with E-state index in [1.54, 1.807) is 11.3 Å². The number of carboxylic acids is 1. The number of thiazole rings is 1. The molecule has 1 aromatic rings. The lowest BCUT2D eigenvalue weighted by atomic mass is 10.0. The van der Waals surface area contributed by atoms with E-state index in [1.807, 2.05) is 0 Å². The largest absolute Gasteiger partial charge is 0.481 e. The highest BCUT2D eigenvalue weighted by Gasteiger charge is 2.19. The van der Waals surface area contributed by atoms with E-state index in [-0.39, 0.29) is 6.42 Å². The van der Waals surface area contributed by atoms with Gasteiger partial charge < -0.3 is 5.11 Å². The Morgan fingerprint density at radius 2 is 2.29 bits per heavy atom. The van der Waals surface area contributed by atoms with Gasteiger partial charge in [0.25, 0.3) is 0 Å². The second-order valence-electron chi connectivity index (χ2n) is 6.10. The smallest absolute Gasteiger partial charge is 0.303 e. The minimum absolute atomic E-state index is 0.207. The quantitative estimate of drug-likeness (QED) is 0.839. The lowest BCUT2D eigenvalue weighted by molar-refractivity contribution is -0.136. The van der Waals surface area contributed by atoms with Gasteiger partial charge in [0.05, 0.1) is 18.7 Å². The summed E-state index contributed by atoms with van der Waals surface area (Å²) >= 11 is 1.72. The standard InChI is InChI=1S/C16H26N2O2S/c1-3-5-13-14(7-8-16(19)20)21-15(17-13)11-18-9-4-6-12(2)10-18/h12H,3-11H2,1-2H3,(H,19,20). The van der Waals surface area contributed by atoms with Crippen molar-refractivity contribution in [2.45, 2.75) is 58.9 Å². The van der Waals surface area contributed by atoms with E-state index in [0.29, 0.717) is 6.42 Å². The van der Waals surface area contributed by atoms with Gasteiger partial charge >= 0.3 is 5.97 Å². The van der Waals surface area contributed by atoms with Crippen molar-refractivity contribution in [3.63, 3.8) is 0 Å². The molecule has 0 radical (unpaired) electrons. The van der Waals surface area contributed by atoms with E-state index in [2.05, 4.69) is 18.7 Å². The van der Waals surface area contributed by atoms with Gasteiger partial charge in [-0.15, -0.1) is 11.3 Å². The number of nitrogens with zero attached hydrogens (tertiary/aromatic N) is 2. The van der Waals surface area contributed by atoms with Gasteiger partial charge in [0.2, 0.25) is 0 Å². The predicted molar refractivity (Wildman–Crippen MR) is 85.7 cm³/mol. The van der Waals surface area contributed by atoms with Crippen molar-refractivity contribution < 1.29 is 9.90 Å². The van der Waals surface area contributed by atoms with Crippen molar-refractivity contribution in [1.29, 1.82) is 0 Å². The number of rotatable bonds is 7. The second kappa shape index (κ2) is 7.90. The molecule has 5 heteroatoms. The van der Waals surface area contributed by atoms with Crippen LogP contribution in [0.4, 0.5) is 0 Å². The number of hydrogen-bond acceptors (Lipinski definition) is 4. The first-order valence-corrected chi connectivity index (χ1v) is 8.81. The van der Waals surface area contributed by atoms with E-state index in [4.69, 9.17) is 10.1 Å². The molecule has 2 heterocycles. The summed E-state index contributed by atoms with van der Waals surface area (Å²) in [6, 6.07) is 0. The molecule has 118 valence electrons. The third-order valence-electron chi connectivity index (χ3n) is 3.98. The predicted octanol–water partition coefficient (Wildman–Crippen LogP) is 3.34. The maximum Gasteiger partial charge on any atom is 0.303 e. The number of aromatic nitrogens is 1. The molecular weight excluding hydrogens is 284 g/mol. The molecule has 1 aliphatic rings. The highest BCUT2D eigenvalue weighted by Crippen LogP contribution is 2.25. The summed E-state index contributed by atoms with van der Waals surface area (Å²) in [4.78, 5) is 19.2. The van der Waals surface area contributed by atoms with Gasteiger partial charge in [-0.25, -0.2) is 4.98 Å². The van der Waals surface area contributed by atoms with Crippen LogP contribution in [0, 0.1) is 5.92 Å². The van der Waals surface area contributed by atoms with Crippen LogP contribution in [0.2, 0.25) is 0 Å². The Bertz CT molecular complexity index is 473. The molecule has 1 atom stereocenters. The van der Waals surface area contributed by atoms with Crippen molar-refractivity contribution in [3.05, 3.63) is 15.6 Å². The molecule has 1 N–H and O–H groups in total. The minimum atomic E-state index is -0.725. The Balaban J connectivity index is 2.01. The average molecular weight is 310 g/mol. The van der Waals surface area contributed by atoms with Crippen LogP contribution in [0.25, 0.3) is 0 Å². The number of piperidine rings is 1. The summed E-state index contributed by atoms with van der Waals surface area (Å²) in [6.07, 6.45) is 5.46. The highest BCUT2D eigenvalue weighted by atomic mass is 32.1. The molecule has 2 rings (SSSR count). The van der Waals surface area contributed by atoms with Gasteiger partial charge in [-0.3, -0.25) is 9.69 Å². The summed E-state index contributed by atoms with van der Waals surface area (Å²) in [7, 11) is 0. The molecule has 1 saturated heterocycles. The summed E-state index contributed by atoms with van der Waals surface area (Å²) in [6.45, 7) is 7.71. The molecule has 0 bridgehead atoms. The first-order chi connectivity index (χ1) is 10.1. The first-order valence-electron chi connectivity index (χ1n) is 8.00. The topological polar surface area (TPSA) is 53.4 Å². The molecule has 0 spiro atoms. The normalized spacial score (nSPS) is 19.8. The van der Waals surface area contributed by atoms with Crippen LogP contribution in [0.15, 0.2) is 0 Å². The first kappa shape index (κ1) is 16.4. The zero-order chi connectivity index (χ0) is 15.2. The Hall–Kier alpha value is -0.940. The molecule has 1 unspecified atom stereocenters. The van der Waals surface area contributed by atoms with E-state index in [1.165, 1.54) is 17.7 Å². The fourth-order valence-electron chi connectivity index (χ4n) is 2.97. The van der Waals surface area contributed by atoms with Crippen LogP contribution in [-0.4, -0.2) is 34.0 Å². The van der Waals surface area contributed by atoms with Crippen LogP contribution in [0.5, 0.6) is 0 Å². The summed E-state index contributed by atoms with van der Waals surface area (Å²) in [5.74, 6) is 0.0533. The van der Waals surface area contributed by atoms with Crippen molar-refractivity contribution in [3.8, 4) is 0 Å². The highest BCUT2D eigenvalue weighted by molar-refractivity contribution is 7.11. The van der Waals surface area contributed by atoms with Crippen LogP contribution in [0.1, 0.15) is 55.1 Å². The van der Waals surface area contributed by atoms with Gasteiger partial charge in [0.15, 0.2) is 0 Å². The van der Waals surface area contributed by atoms with Crippen LogP contribution in [-0.2, 0) is 24.2 Å². The number of carbonyl (C=O) groups is 1. The number of carboxylic acid groups (broad SMARTS) is 1. The fourth-order valence-corrected chi connectivity index (χ4v) is 4.13. The zero-order valence-corrected chi connectivity index (χ0v) is 13.9. The summed E-state index contributed by atoms with van der Waals surface area (Å²) in [5.41, 5.74) is 1.13. The SMILES string of the molecule is CCCc1nc(CN2CCCC(C)C2)sc1CCC(=O)O. The van der Waals surface area contributed by atoms with Crippen molar-refractivity contribution in [1.82, 2.24) is 9.88 Å².